The quantitative estimate of drug-likeness (QED) is 0.705. The first-order chi connectivity index (χ1) is 14.4. The van der Waals surface area contributed by atoms with Gasteiger partial charge in [-0.25, -0.2) is 13.1 Å². The van der Waals surface area contributed by atoms with Crippen LogP contribution in [0.1, 0.15) is 12.0 Å². The van der Waals surface area contributed by atoms with Crippen LogP contribution < -0.4 is 23.7 Å². The lowest BCUT2D eigenvalue weighted by atomic mass is 10.2. The Morgan fingerprint density at radius 3 is 2.47 bits per heavy atom. The minimum Gasteiger partial charge on any atom is -0.486 e. The number of nitrogens with one attached hydrogen (secondary N) is 1. The maximum atomic E-state index is 12.5. The van der Waals surface area contributed by atoms with Gasteiger partial charge in [0.1, 0.15) is 13.2 Å². The predicted octanol–water partition coefficient (Wildman–Crippen LogP) is 1.51. The second kappa shape index (κ2) is 8.41. The number of ether oxygens (including phenoxy) is 4. The summed E-state index contributed by atoms with van der Waals surface area (Å²) in [5.74, 6) is 2.06. The van der Waals surface area contributed by atoms with Crippen molar-refractivity contribution in [2.24, 2.45) is 0 Å². The molecule has 160 valence electrons. The molecule has 2 aromatic rings. The van der Waals surface area contributed by atoms with E-state index in [2.05, 4.69) is 4.72 Å². The minimum absolute atomic E-state index is 0.0128. The Morgan fingerprint density at radius 2 is 1.63 bits per heavy atom. The average Bonchev–Trinajstić information content (AvgIpc) is 3.21. The molecule has 10 heteroatoms. The molecule has 4 rings (SSSR count). The van der Waals surface area contributed by atoms with Crippen LogP contribution in [0.3, 0.4) is 0 Å². The summed E-state index contributed by atoms with van der Waals surface area (Å²) < 4.78 is 48.9. The molecule has 0 atom stereocenters. The largest absolute Gasteiger partial charge is 0.486 e. The molecule has 0 bridgehead atoms. The Bertz CT molecular complexity index is 1060. The van der Waals surface area contributed by atoms with Crippen molar-refractivity contribution >= 4 is 15.9 Å². The van der Waals surface area contributed by atoms with Crippen molar-refractivity contribution in [3.63, 3.8) is 0 Å². The molecule has 1 amide bonds. The molecule has 0 fully saturated rings. The number of carbonyl (C=O) groups is 1. The van der Waals surface area contributed by atoms with Crippen LogP contribution in [0.2, 0.25) is 0 Å². The summed E-state index contributed by atoms with van der Waals surface area (Å²) in [6.07, 6.45) is 0.0326. The van der Waals surface area contributed by atoms with Gasteiger partial charge >= 0.3 is 0 Å². The van der Waals surface area contributed by atoms with Gasteiger partial charge in [-0.15, -0.1) is 0 Å². The normalized spacial score (nSPS) is 14.4. The van der Waals surface area contributed by atoms with Crippen LogP contribution in [0, 0.1) is 0 Å². The monoisotopic (exact) mass is 434 g/mol. The van der Waals surface area contributed by atoms with Crippen LogP contribution in [0.5, 0.6) is 23.0 Å². The summed E-state index contributed by atoms with van der Waals surface area (Å²) in [6.45, 7) is 1.36. The number of fused-ring (bicyclic) bond motifs is 2. The molecular formula is C20H22N2O7S. The van der Waals surface area contributed by atoms with E-state index < -0.39 is 10.0 Å². The van der Waals surface area contributed by atoms with Gasteiger partial charge in [0.25, 0.3) is 0 Å². The molecule has 0 unspecified atom stereocenters. The van der Waals surface area contributed by atoms with Crippen molar-refractivity contribution in [2.75, 3.05) is 33.6 Å². The van der Waals surface area contributed by atoms with Crippen molar-refractivity contribution in [3.8, 4) is 23.0 Å². The first-order valence-corrected chi connectivity index (χ1v) is 10.9. The molecule has 2 aliphatic heterocycles. The molecular weight excluding hydrogens is 412 g/mol. The maximum Gasteiger partial charge on any atom is 0.240 e. The first kappa shape index (κ1) is 20.3. The lowest BCUT2D eigenvalue weighted by Gasteiger charge is -2.19. The summed E-state index contributed by atoms with van der Waals surface area (Å²) in [7, 11) is -2.10. The summed E-state index contributed by atoms with van der Waals surface area (Å²) in [6, 6.07) is 9.93. The van der Waals surface area contributed by atoms with Crippen LogP contribution in [-0.4, -0.2) is 52.8 Å². The molecule has 0 spiro atoms. The van der Waals surface area contributed by atoms with Crippen molar-refractivity contribution in [1.29, 1.82) is 0 Å². The van der Waals surface area contributed by atoms with Gasteiger partial charge in [0.15, 0.2) is 23.0 Å². The van der Waals surface area contributed by atoms with Gasteiger partial charge in [-0.05, 0) is 29.8 Å². The van der Waals surface area contributed by atoms with Crippen LogP contribution in [0.25, 0.3) is 0 Å². The Labute approximate surface area is 174 Å². The summed E-state index contributed by atoms with van der Waals surface area (Å²) in [5, 5.41) is 0. The van der Waals surface area contributed by atoms with E-state index in [-0.39, 0.29) is 30.6 Å². The number of nitrogens with zero attached hydrogens (tertiary/aromatic N) is 1. The van der Waals surface area contributed by atoms with Gasteiger partial charge in [0.2, 0.25) is 22.7 Å². The van der Waals surface area contributed by atoms with Crippen LogP contribution >= 0.6 is 0 Å². The van der Waals surface area contributed by atoms with E-state index in [1.807, 2.05) is 12.1 Å². The second-order valence-electron chi connectivity index (χ2n) is 6.89. The number of sulfonamides is 1. The van der Waals surface area contributed by atoms with E-state index in [0.29, 0.717) is 42.8 Å². The van der Waals surface area contributed by atoms with E-state index in [9.17, 15) is 13.2 Å². The fourth-order valence-corrected chi connectivity index (χ4v) is 4.21. The van der Waals surface area contributed by atoms with E-state index in [4.69, 9.17) is 18.9 Å². The third-order valence-corrected chi connectivity index (χ3v) is 6.20. The van der Waals surface area contributed by atoms with E-state index in [0.717, 1.165) is 5.56 Å². The zero-order valence-corrected chi connectivity index (χ0v) is 17.2. The summed E-state index contributed by atoms with van der Waals surface area (Å²) >= 11 is 0. The first-order valence-electron chi connectivity index (χ1n) is 9.44. The lowest BCUT2D eigenvalue weighted by Crippen LogP contribution is -2.32. The number of carbonyl (C=O) groups excluding carboxylic acids is 1. The molecule has 0 saturated heterocycles. The van der Waals surface area contributed by atoms with E-state index >= 15 is 0 Å². The number of rotatable bonds is 7. The van der Waals surface area contributed by atoms with Crippen molar-refractivity contribution in [2.45, 2.75) is 17.9 Å². The van der Waals surface area contributed by atoms with Crippen LogP contribution in [-0.2, 0) is 21.4 Å². The topological polar surface area (TPSA) is 103 Å². The molecule has 0 radical (unpaired) electrons. The molecule has 2 aromatic carbocycles. The zero-order chi connectivity index (χ0) is 21.1. The Kier molecular flexibility index (Phi) is 5.69. The number of amides is 1. The molecule has 30 heavy (non-hydrogen) atoms. The van der Waals surface area contributed by atoms with E-state index in [1.165, 1.54) is 17.0 Å². The second-order valence-corrected chi connectivity index (χ2v) is 8.66. The molecule has 0 aromatic heterocycles. The third kappa shape index (κ3) is 4.44. The number of hydrogen-bond donors (Lipinski definition) is 1. The molecule has 0 aliphatic carbocycles. The smallest absolute Gasteiger partial charge is 0.240 e. The average molecular weight is 434 g/mol. The SMILES string of the molecule is CN(Cc1ccc2c(c1)OCO2)C(=O)CCNS(=O)(=O)c1ccc2c(c1)OCCO2. The Morgan fingerprint density at radius 1 is 0.967 bits per heavy atom. The Balaban J connectivity index is 1.30. The highest BCUT2D eigenvalue weighted by molar-refractivity contribution is 7.89. The van der Waals surface area contributed by atoms with Crippen molar-refractivity contribution in [3.05, 3.63) is 42.0 Å². The fraction of sp³-hybridized carbons (Fsp3) is 0.350. The number of benzene rings is 2. The Hall–Kier alpha value is -2.98. The zero-order valence-electron chi connectivity index (χ0n) is 16.4. The van der Waals surface area contributed by atoms with Gasteiger partial charge < -0.3 is 23.8 Å². The van der Waals surface area contributed by atoms with Gasteiger partial charge in [-0.2, -0.15) is 0 Å². The highest BCUT2D eigenvalue weighted by Crippen LogP contribution is 2.33. The molecule has 1 N–H and O–H groups in total. The summed E-state index contributed by atoms with van der Waals surface area (Å²) in [5.41, 5.74) is 0.895. The van der Waals surface area contributed by atoms with Crippen molar-refractivity contribution < 1.29 is 32.2 Å². The van der Waals surface area contributed by atoms with E-state index in [1.54, 1.807) is 19.2 Å². The molecule has 2 aliphatic rings. The maximum absolute atomic E-state index is 12.5. The van der Waals surface area contributed by atoms with Gasteiger partial charge in [0.05, 0.1) is 4.90 Å². The minimum atomic E-state index is -3.77. The highest BCUT2D eigenvalue weighted by atomic mass is 32.2. The van der Waals surface area contributed by atoms with Gasteiger partial charge in [-0.1, -0.05) is 6.07 Å². The number of hydrogen-bond acceptors (Lipinski definition) is 7. The van der Waals surface area contributed by atoms with Crippen LogP contribution in [0.15, 0.2) is 41.3 Å². The van der Waals surface area contributed by atoms with Gasteiger partial charge in [0, 0.05) is 32.6 Å². The van der Waals surface area contributed by atoms with Crippen LogP contribution in [0.4, 0.5) is 0 Å². The predicted molar refractivity (Wildman–Crippen MR) is 106 cm³/mol. The fourth-order valence-electron chi connectivity index (χ4n) is 3.16. The molecule has 9 nitrogen and oxygen atoms in total. The molecule has 2 heterocycles. The summed E-state index contributed by atoms with van der Waals surface area (Å²) in [4.78, 5) is 14.0. The van der Waals surface area contributed by atoms with Gasteiger partial charge in [-0.3, -0.25) is 4.79 Å². The standard InChI is InChI=1S/C20H22N2O7S/c1-22(12-14-2-4-17-18(10-14)29-13-28-17)20(23)6-7-21-30(24,25)15-3-5-16-19(11-15)27-9-8-26-16/h2-5,10-11,21H,6-9,12-13H2,1H3. The third-order valence-electron chi connectivity index (χ3n) is 4.74. The lowest BCUT2D eigenvalue weighted by molar-refractivity contribution is -0.130. The highest BCUT2D eigenvalue weighted by Gasteiger charge is 2.20. The molecule has 0 saturated carbocycles. The van der Waals surface area contributed by atoms with Crippen molar-refractivity contribution in [1.82, 2.24) is 9.62 Å².